The Balaban J connectivity index is 1.91. The average molecular weight is 272 g/mol. The summed E-state index contributed by atoms with van der Waals surface area (Å²) in [6.45, 7) is 0.947. The van der Waals surface area contributed by atoms with Gasteiger partial charge in [0.1, 0.15) is 5.75 Å². The molecule has 0 aliphatic heterocycles. The Kier molecular flexibility index (Phi) is 4.68. The Bertz CT molecular complexity index is 582. The molecular weight excluding hydrogens is 256 g/mol. The summed E-state index contributed by atoms with van der Waals surface area (Å²) >= 11 is 0. The Labute approximate surface area is 117 Å². The Morgan fingerprint density at radius 3 is 2.45 bits per heavy atom. The summed E-state index contributed by atoms with van der Waals surface area (Å²) in [6.07, 6.45) is 0.691. The maximum Gasteiger partial charge on any atom is 0.269 e. The first kappa shape index (κ1) is 14.0. The second-order valence-electron chi connectivity index (χ2n) is 4.33. The molecule has 5 heteroatoms. The van der Waals surface area contributed by atoms with E-state index in [0.717, 1.165) is 16.9 Å². The molecule has 0 unspecified atom stereocenters. The highest BCUT2D eigenvalue weighted by Gasteiger charge is 2.04. The molecule has 2 aromatic rings. The van der Waals surface area contributed by atoms with Crippen molar-refractivity contribution in [3.05, 3.63) is 69.8 Å². The predicted molar refractivity (Wildman–Crippen MR) is 76.6 cm³/mol. The van der Waals surface area contributed by atoms with Gasteiger partial charge in [-0.15, -0.1) is 0 Å². The van der Waals surface area contributed by atoms with Crippen LogP contribution in [0.5, 0.6) is 5.75 Å². The van der Waals surface area contributed by atoms with Crippen LogP contribution in [0.3, 0.4) is 0 Å². The highest BCUT2D eigenvalue weighted by atomic mass is 16.6. The van der Waals surface area contributed by atoms with Crippen molar-refractivity contribution in [2.24, 2.45) is 5.73 Å². The van der Waals surface area contributed by atoms with Crippen molar-refractivity contribution in [3.8, 4) is 5.75 Å². The van der Waals surface area contributed by atoms with Crippen LogP contribution in [0.4, 0.5) is 5.69 Å². The number of nitro groups is 1. The quantitative estimate of drug-likeness (QED) is 0.647. The highest BCUT2D eigenvalue weighted by molar-refractivity contribution is 5.34. The number of nitrogens with two attached hydrogens (primary N) is 1. The molecule has 0 amide bonds. The fourth-order valence-electron chi connectivity index (χ4n) is 1.88. The van der Waals surface area contributed by atoms with Crippen molar-refractivity contribution < 1.29 is 9.66 Å². The molecule has 0 aliphatic carbocycles. The second kappa shape index (κ2) is 6.68. The van der Waals surface area contributed by atoms with E-state index in [4.69, 9.17) is 10.5 Å². The Morgan fingerprint density at radius 2 is 1.80 bits per heavy atom. The summed E-state index contributed by atoms with van der Waals surface area (Å²) in [4.78, 5) is 10.1. The molecule has 0 saturated heterocycles. The number of benzene rings is 2. The van der Waals surface area contributed by atoms with Crippen LogP contribution in [-0.4, -0.2) is 11.5 Å². The molecule has 0 aliphatic rings. The number of hydrogen-bond acceptors (Lipinski definition) is 4. The number of non-ortho nitro benzene ring substituents is 1. The van der Waals surface area contributed by atoms with E-state index in [2.05, 4.69) is 0 Å². The summed E-state index contributed by atoms with van der Waals surface area (Å²) in [5.74, 6) is 0.789. The lowest BCUT2D eigenvalue weighted by atomic mass is 10.1. The van der Waals surface area contributed by atoms with Crippen LogP contribution < -0.4 is 10.5 Å². The van der Waals surface area contributed by atoms with Gasteiger partial charge in [0.25, 0.3) is 5.69 Å². The Hall–Kier alpha value is -2.40. The van der Waals surface area contributed by atoms with Crippen LogP contribution in [0.1, 0.15) is 11.1 Å². The minimum absolute atomic E-state index is 0.100. The second-order valence-corrected chi connectivity index (χ2v) is 4.33. The van der Waals surface area contributed by atoms with E-state index in [-0.39, 0.29) is 5.69 Å². The third-order valence-electron chi connectivity index (χ3n) is 2.99. The first-order valence-electron chi connectivity index (χ1n) is 6.35. The zero-order valence-electron chi connectivity index (χ0n) is 11.0. The smallest absolute Gasteiger partial charge is 0.269 e. The van der Waals surface area contributed by atoms with E-state index < -0.39 is 4.92 Å². The fraction of sp³-hybridized carbons (Fsp3) is 0.200. The van der Waals surface area contributed by atoms with Crippen molar-refractivity contribution >= 4 is 5.69 Å². The van der Waals surface area contributed by atoms with Gasteiger partial charge in [-0.1, -0.05) is 30.3 Å². The molecule has 0 fully saturated rings. The van der Waals surface area contributed by atoms with Gasteiger partial charge in [-0.3, -0.25) is 10.1 Å². The largest absolute Gasteiger partial charge is 0.493 e. The molecule has 104 valence electrons. The van der Waals surface area contributed by atoms with E-state index in [1.54, 1.807) is 12.1 Å². The van der Waals surface area contributed by atoms with Crippen LogP contribution in [0.15, 0.2) is 48.5 Å². The summed E-state index contributed by atoms with van der Waals surface area (Å²) in [5, 5.41) is 10.6. The molecule has 0 atom stereocenters. The number of hydrogen-bond donors (Lipinski definition) is 1. The molecule has 0 heterocycles. The topological polar surface area (TPSA) is 78.4 Å². The molecule has 2 rings (SSSR count). The molecule has 5 nitrogen and oxygen atoms in total. The standard InChI is InChI=1S/C15H16N2O3/c16-11-13-3-1-2-4-15(13)20-10-9-12-5-7-14(8-6-12)17(18)19/h1-8H,9-11,16H2. The molecule has 0 bridgehead atoms. The lowest BCUT2D eigenvalue weighted by Gasteiger charge is -2.10. The van der Waals surface area contributed by atoms with Crippen LogP contribution in [0.2, 0.25) is 0 Å². The van der Waals surface area contributed by atoms with E-state index in [9.17, 15) is 10.1 Å². The first-order valence-corrected chi connectivity index (χ1v) is 6.35. The monoisotopic (exact) mass is 272 g/mol. The van der Waals surface area contributed by atoms with Gasteiger partial charge in [-0.25, -0.2) is 0 Å². The normalized spacial score (nSPS) is 10.2. The number of nitrogens with zero attached hydrogens (tertiary/aromatic N) is 1. The summed E-state index contributed by atoms with van der Waals surface area (Å²) in [6, 6.07) is 14.1. The van der Waals surface area contributed by atoms with Gasteiger partial charge in [-0.2, -0.15) is 0 Å². The van der Waals surface area contributed by atoms with E-state index in [1.807, 2.05) is 24.3 Å². The molecule has 20 heavy (non-hydrogen) atoms. The third kappa shape index (κ3) is 3.55. The molecule has 0 saturated carbocycles. The lowest BCUT2D eigenvalue weighted by Crippen LogP contribution is -2.05. The SMILES string of the molecule is NCc1ccccc1OCCc1ccc([N+](=O)[O-])cc1. The third-order valence-corrected chi connectivity index (χ3v) is 2.99. The average Bonchev–Trinajstić information content (AvgIpc) is 2.48. The molecule has 0 radical (unpaired) electrons. The highest BCUT2D eigenvalue weighted by Crippen LogP contribution is 2.18. The minimum atomic E-state index is -0.405. The number of rotatable bonds is 6. The van der Waals surface area contributed by atoms with Gasteiger partial charge < -0.3 is 10.5 Å². The van der Waals surface area contributed by atoms with Crippen molar-refractivity contribution in [2.75, 3.05) is 6.61 Å². The maximum absolute atomic E-state index is 10.6. The van der Waals surface area contributed by atoms with Gasteiger partial charge >= 0.3 is 0 Å². The summed E-state index contributed by atoms with van der Waals surface area (Å²) in [7, 11) is 0. The van der Waals surface area contributed by atoms with Gasteiger partial charge in [0.2, 0.25) is 0 Å². The van der Waals surface area contributed by atoms with Gasteiger partial charge in [-0.05, 0) is 11.6 Å². The molecular formula is C15H16N2O3. The fourth-order valence-corrected chi connectivity index (χ4v) is 1.88. The van der Waals surface area contributed by atoms with Crippen LogP contribution >= 0.6 is 0 Å². The molecule has 0 aromatic heterocycles. The van der Waals surface area contributed by atoms with Gasteiger partial charge in [0.15, 0.2) is 0 Å². The van der Waals surface area contributed by atoms with Crippen LogP contribution in [0.25, 0.3) is 0 Å². The molecule has 2 aromatic carbocycles. The molecule has 0 spiro atoms. The number of nitro benzene ring substituents is 1. The van der Waals surface area contributed by atoms with Crippen LogP contribution in [-0.2, 0) is 13.0 Å². The van der Waals surface area contributed by atoms with Gasteiger partial charge in [0, 0.05) is 30.7 Å². The van der Waals surface area contributed by atoms with Crippen molar-refractivity contribution in [2.45, 2.75) is 13.0 Å². The van der Waals surface area contributed by atoms with E-state index >= 15 is 0 Å². The van der Waals surface area contributed by atoms with Crippen molar-refractivity contribution in [1.82, 2.24) is 0 Å². The molecule has 2 N–H and O–H groups in total. The minimum Gasteiger partial charge on any atom is -0.493 e. The summed E-state index contributed by atoms with van der Waals surface area (Å²) in [5.41, 5.74) is 7.70. The first-order chi connectivity index (χ1) is 9.70. The van der Waals surface area contributed by atoms with Gasteiger partial charge in [0.05, 0.1) is 11.5 Å². The maximum atomic E-state index is 10.6. The van der Waals surface area contributed by atoms with Crippen molar-refractivity contribution in [1.29, 1.82) is 0 Å². The van der Waals surface area contributed by atoms with E-state index in [1.165, 1.54) is 12.1 Å². The van der Waals surface area contributed by atoms with Crippen molar-refractivity contribution in [3.63, 3.8) is 0 Å². The zero-order chi connectivity index (χ0) is 14.4. The van der Waals surface area contributed by atoms with E-state index in [0.29, 0.717) is 19.6 Å². The summed E-state index contributed by atoms with van der Waals surface area (Å²) < 4.78 is 5.70. The Morgan fingerprint density at radius 1 is 1.10 bits per heavy atom. The zero-order valence-corrected chi connectivity index (χ0v) is 11.0. The predicted octanol–water partition coefficient (Wildman–Crippen LogP) is 2.68. The number of ether oxygens (including phenoxy) is 1. The van der Waals surface area contributed by atoms with Crippen LogP contribution in [0, 0.1) is 10.1 Å². The lowest BCUT2D eigenvalue weighted by molar-refractivity contribution is -0.384. The number of para-hydroxylation sites is 1.